The van der Waals surface area contributed by atoms with Gasteiger partial charge in [-0.2, -0.15) is 0 Å². The molecule has 1 atom stereocenters. The number of aryl methyl sites for hydroxylation is 1. The van der Waals surface area contributed by atoms with E-state index < -0.39 is 0 Å². The Morgan fingerprint density at radius 3 is 2.33 bits per heavy atom. The molecule has 1 aromatic rings. The molecule has 1 aromatic heterocycles. The van der Waals surface area contributed by atoms with Gasteiger partial charge in [-0.25, -0.2) is 0 Å². The number of hydrogen-bond donors (Lipinski definition) is 1. The van der Waals surface area contributed by atoms with Crippen molar-refractivity contribution in [1.29, 1.82) is 0 Å². The predicted octanol–water partition coefficient (Wildman–Crippen LogP) is 4.08. The largest absolute Gasteiger partial charge is 0.310 e. The standard InChI is InChI=1S/C19H28N2/c1-13-3-18(11-20-10-13)12-21-14(2)19-7-15-4-16(8-19)6-17(5-15)9-19/h3,10-11,14-17,21H,4-9,12H2,1-2H3. The summed E-state index contributed by atoms with van der Waals surface area (Å²) in [7, 11) is 0. The molecule has 4 aliphatic rings. The lowest BCUT2D eigenvalue weighted by molar-refractivity contribution is -0.0706. The molecule has 2 nitrogen and oxygen atoms in total. The number of rotatable bonds is 4. The minimum atomic E-state index is 0.603. The minimum Gasteiger partial charge on any atom is -0.310 e. The van der Waals surface area contributed by atoms with Gasteiger partial charge < -0.3 is 5.32 Å². The first kappa shape index (κ1) is 13.8. The van der Waals surface area contributed by atoms with E-state index in [1.807, 2.05) is 12.4 Å². The van der Waals surface area contributed by atoms with Gasteiger partial charge in [-0.3, -0.25) is 4.98 Å². The lowest BCUT2D eigenvalue weighted by Crippen LogP contribution is -2.54. The van der Waals surface area contributed by atoms with Crippen molar-refractivity contribution in [1.82, 2.24) is 10.3 Å². The Bertz CT molecular complexity index is 487. The highest BCUT2D eigenvalue weighted by atomic mass is 14.9. The van der Waals surface area contributed by atoms with Crippen molar-refractivity contribution in [2.24, 2.45) is 23.2 Å². The number of aromatic nitrogens is 1. The third kappa shape index (κ3) is 2.52. The second kappa shape index (κ2) is 5.08. The molecule has 2 heteroatoms. The summed E-state index contributed by atoms with van der Waals surface area (Å²) in [5.41, 5.74) is 3.19. The van der Waals surface area contributed by atoms with Crippen molar-refractivity contribution < 1.29 is 0 Å². The van der Waals surface area contributed by atoms with Gasteiger partial charge in [0.1, 0.15) is 0 Å². The Kier molecular flexibility index (Phi) is 3.33. The summed E-state index contributed by atoms with van der Waals surface area (Å²) in [5.74, 6) is 3.13. The zero-order chi connectivity index (χ0) is 14.4. The molecule has 21 heavy (non-hydrogen) atoms. The van der Waals surface area contributed by atoms with E-state index in [0.29, 0.717) is 11.5 Å². The molecule has 4 saturated carbocycles. The van der Waals surface area contributed by atoms with E-state index in [1.54, 1.807) is 0 Å². The Morgan fingerprint density at radius 1 is 1.14 bits per heavy atom. The van der Waals surface area contributed by atoms with Crippen molar-refractivity contribution in [3.8, 4) is 0 Å². The third-order valence-corrected chi connectivity index (χ3v) is 6.55. The molecular formula is C19H28N2. The van der Waals surface area contributed by atoms with Crippen LogP contribution in [-0.2, 0) is 6.54 Å². The fraction of sp³-hybridized carbons (Fsp3) is 0.737. The Morgan fingerprint density at radius 2 is 1.76 bits per heavy atom. The van der Waals surface area contributed by atoms with Gasteiger partial charge in [0.05, 0.1) is 0 Å². The van der Waals surface area contributed by atoms with Gasteiger partial charge in [-0.1, -0.05) is 6.07 Å². The Balaban J connectivity index is 1.44. The van der Waals surface area contributed by atoms with Crippen molar-refractivity contribution in [2.75, 3.05) is 0 Å². The second-order valence-electron chi connectivity index (χ2n) is 8.25. The van der Waals surface area contributed by atoms with Crippen LogP contribution in [0, 0.1) is 30.1 Å². The average molecular weight is 284 g/mol. The SMILES string of the molecule is Cc1cncc(CNC(C)C23CC4CC(CC(C4)C2)C3)c1. The lowest BCUT2D eigenvalue weighted by Gasteiger charge is -2.59. The highest BCUT2D eigenvalue weighted by Gasteiger charge is 2.52. The van der Waals surface area contributed by atoms with Crippen molar-refractivity contribution in [3.63, 3.8) is 0 Å². The Hall–Kier alpha value is -0.890. The number of nitrogens with one attached hydrogen (secondary N) is 1. The molecule has 0 spiro atoms. The molecule has 0 saturated heterocycles. The van der Waals surface area contributed by atoms with Gasteiger partial charge in [0.25, 0.3) is 0 Å². The molecule has 1 N–H and O–H groups in total. The fourth-order valence-electron chi connectivity index (χ4n) is 5.91. The predicted molar refractivity (Wildman–Crippen MR) is 85.9 cm³/mol. The van der Waals surface area contributed by atoms with Crippen LogP contribution < -0.4 is 5.32 Å². The molecule has 5 rings (SSSR count). The van der Waals surface area contributed by atoms with Crippen LogP contribution >= 0.6 is 0 Å². The maximum atomic E-state index is 4.31. The summed E-state index contributed by atoms with van der Waals surface area (Å²) in [5, 5.41) is 3.84. The number of pyridine rings is 1. The van der Waals surface area contributed by atoms with E-state index in [-0.39, 0.29) is 0 Å². The zero-order valence-electron chi connectivity index (χ0n) is 13.4. The van der Waals surface area contributed by atoms with E-state index in [0.717, 1.165) is 24.3 Å². The van der Waals surface area contributed by atoms with Crippen LogP contribution in [0.15, 0.2) is 18.5 Å². The molecule has 0 aromatic carbocycles. The molecule has 1 heterocycles. The second-order valence-corrected chi connectivity index (χ2v) is 8.25. The molecule has 4 bridgehead atoms. The Labute approximate surface area is 128 Å². The summed E-state index contributed by atoms with van der Waals surface area (Å²) in [6, 6.07) is 2.90. The smallest absolute Gasteiger partial charge is 0.0313 e. The van der Waals surface area contributed by atoms with Crippen LogP contribution in [-0.4, -0.2) is 11.0 Å². The normalized spacial score (nSPS) is 38.7. The summed E-state index contributed by atoms with van der Waals surface area (Å²) in [4.78, 5) is 4.31. The molecule has 114 valence electrons. The molecule has 0 aliphatic heterocycles. The molecule has 4 fully saturated rings. The topological polar surface area (TPSA) is 24.9 Å². The van der Waals surface area contributed by atoms with E-state index in [2.05, 4.69) is 30.2 Å². The minimum absolute atomic E-state index is 0.603. The van der Waals surface area contributed by atoms with Crippen molar-refractivity contribution >= 4 is 0 Å². The van der Waals surface area contributed by atoms with E-state index in [1.165, 1.54) is 49.7 Å². The van der Waals surface area contributed by atoms with E-state index in [9.17, 15) is 0 Å². The van der Waals surface area contributed by atoms with Crippen LogP contribution in [0.4, 0.5) is 0 Å². The first-order valence-electron chi connectivity index (χ1n) is 8.77. The highest BCUT2D eigenvalue weighted by molar-refractivity contribution is 5.16. The van der Waals surface area contributed by atoms with Crippen molar-refractivity contribution in [3.05, 3.63) is 29.6 Å². The number of hydrogen-bond acceptors (Lipinski definition) is 2. The molecular weight excluding hydrogens is 256 g/mol. The van der Waals surface area contributed by atoms with Gasteiger partial charge >= 0.3 is 0 Å². The first-order valence-corrected chi connectivity index (χ1v) is 8.77. The molecule has 0 radical (unpaired) electrons. The third-order valence-electron chi connectivity index (χ3n) is 6.55. The zero-order valence-corrected chi connectivity index (χ0v) is 13.4. The van der Waals surface area contributed by atoms with Gasteiger partial charge in [0.2, 0.25) is 0 Å². The molecule has 4 aliphatic carbocycles. The average Bonchev–Trinajstić information content (AvgIpc) is 2.43. The maximum absolute atomic E-state index is 4.31. The van der Waals surface area contributed by atoms with Gasteiger partial charge in [0.15, 0.2) is 0 Å². The quantitative estimate of drug-likeness (QED) is 0.901. The van der Waals surface area contributed by atoms with Crippen molar-refractivity contribution in [2.45, 2.75) is 65.0 Å². The van der Waals surface area contributed by atoms with Crippen LogP contribution in [0.3, 0.4) is 0 Å². The van der Waals surface area contributed by atoms with E-state index in [4.69, 9.17) is 0 Å². The van der Waals surface area contributed by atoms with Gasteiger partial charge in [0, 0.05) is 25.0 Å². The van der Waals surface area contributed by atoms with Crippen LogP contribution in [0.2, 0.25) is 0 Å². The lowest BCUT2D eigenvalue weighted by atomic mass is 9.48. The van der Waals surface area contributed by atoms with Crippen LogP contribution in [0.5, 0.6) is 0 Å². The summed E-state index contributed by atoms with van der Waals surface area (Å²) in [6.45, 7) is 5.53. The van der Waals surface area contributed by atoms with Crippen LogP contribution in [0.1, 0.15) is 56.6 Å². The first-order chi connectivity index (χ1) is 10.1. The summed E-state index contributed by atoms with van der Waals surface area (Å²) >= 11 is 0. The highest BCUT2D eigenvalue weighted by Crippen LogP contribution is 2.61. The fourth-order valence-corrected chi connectivity index (χ4v) is 5.91. The van der Waals surface area contributed by atoms with Gasteiger partial charge in [-0.05, 0) is 86.7 Å². The summed E-state index contributed by atoms with van der Waals surface area (Å²) in [6.07, 6.45) is 13.0. The van der Waals surface area contributed by atoms with Crippen LogP contribution in [0.25, 0.3) is 0 Å². The molecule has 1 unspecified atom stereocenters. The summed E-state index contributed by atoms with van der Waals surface area (Å²) < 4.78 is 0. The van der Waals surface area contributed by atoms with E-state index >= 15 is 0 Å². The van der Waals surface area contributed by atoms with Gasteiger partial charge in [-0.15, -0.1) is 0 Å². The molecule has 0 amide bonds. The number of nitrogens with zero attached hydrogens (tertiary/aromatic N) is 1. The monoisotopic (exact) mass is 284 g/mol. The maximum Gasteiger partial charge on any atom is 0.0313 e.